The molecule has 2 aromatic rings. The number of nitrogens with one attached hydrogen (secondary N) is 3. The molecule has 3 rings (SSSR count). The average Bonchev–Trinajstić information content (AvgIpc) is 2.73. The van der Waals surface area contributed by atoms with Crippen LogP contribution in [0.15, 0.2) is 42.6 Å². The summed E-state index contributed by atoms with van der Waals surface area (Å²) in [5, 5.41) is 24.1. The van der Waals surface area contributed by atoms with E-state index in [9.17, 15) is 14.7 Å². The molecule has 0 unspecified atom stereocenters. The zero-order valence-electron chi connectivity index (χ0n) is 16.6. The number of anilines is 1. The Morgan fingerprint density at radius 3 is 2.30 bits per heavy atom. The average molecular weight is 408 g/mol. The Morgan fingerprint density at radius 1 is 1.10 bits per heavy atom. The molecule has 1 aromatic carbocycles. The predicted octanol–water partition coefficient (Wildman–Crippen LogP) is 1.43. The zero-order chi connectivity index (χ0) is 21.5. The third-order valence-corrected chi connectivity index (χ3v) is 4.88. The van der Waals surface area contributed by atoms with Crippen molar-refractivity contribution in [2.75, 3.05) is 5.32 Å². The number of benzene rings is 1. The minimum absolute atomic E-state index is 0.296. The summed E-state index contributed by atoms with van der Waals surface area (Å²) in [6.07, 6.45) is 4.19. The van der Waals surface area contributed by atoms with Crippen LogP contribution in [0.3, 0.4) is 0 Å². The monoisotopic (exact) mass is 408 g/mol. The lowest BCUT2D eigenvalue weighted by Gasteiger charge is -2.26. The summed E-state index contributed by atoms with van der Waals surface area (Å²) < 4.78 is 0. The van der Waals surface area contributed by atoms with E-state index in [1.807, 2.05) is 12.1 Å². The second-order valence-corrected chi connectivity index (χ2v) is 7.20. The summed E-state index contributed by atoms with van der Waals surface area (Å²) >= 11 is 0. The first-order valence-corrected chi connectivity index (χ1v) is 9.74. The van der Waals surface area contributed by atoms with Gasteiger partial charge in [-0.15, -0.1) is 0 Å². The summed E-state index contributed by atoms with van der Waals surface area (Å²) in [5.41, 5.74) is 3.21. The number of hydrogen-bond acceptors (Lipinski definition) is 6. The van der Waals surface area contributed by atoms with E-state index in [0.717, 1.165) is 11.4 Å². The van der Waals surface area contributed by atoms with Crippen molar-refractivity contribution in [1.29, 1.82) is 0 Å². The molecule has 0 bridgehead atoms. The number of rotatable bonds is 6. The Bertz CT molecular complexity index is 942. The molecule has 2 amide bonds. The number of pyridine rings is 1. The van der Waals surface area contributed by atoms with Crippen molar-refractivity contribution in [3.05, 3.63) is 59.3 Å². The van der Waals surface area contributed by atoms with Crippen LogP contribution in [-0.4, -0.2) is 45.3 Å². The lowest BCUT2D eigenvalue weighted by molar-refractivity contribution is -0.133. The smallest absolute Gasteiger partial charge is 0.268 e. The van der Waals surface area contributed by atoms with Gasteiger partial charge in [-0.25, -0.2) is 10.5 Å². The van der Waals surface area contributed by atoms with Crippen LogP contribution < -0.4 is 16.1 Å². The number of carbonyl (C=O) groups excluding carboxylic acids is 2. The fourth-order valence-electron chi connectivity index (χ4n) is 2.86. The number of aliphatic hydroxyl groups excluding tert-OH is 1. The molecule has 1 aliphatic carbocycles. The fourth-order valence-corrected chi connectivity index (χ4v) is 2.86. The number of hydroxylamine groups is 1. The zero-order valence-corrected chi connectivity index (χ0v) is 16.6. The van der Waals surface area contributed by atoms with Gasteiger partial charge >= 0.3 is 0 Å². The van der Waals surface area contributed by atoms with Crippen molar-refractivity contribution < 1.29 is 19.9 Å². The number of aromatic nitrogens is 1. The molecule has 0 saturated heterocycles. The van der Waals surface area contributed by atoms with E-state index >= 15 is 0 Å². The number of carbonyl (C=O) groups is 2. The van der Waals surface area contributed by atoms with Crippen LogP contribution in [0.25, 0.3) is 0 Å². The Morgan fingerprint density at radius 2 is 1.77 bits per heavy atom. The van der Waals surface area contributed by atoms with Crippen molar-refractivity contribution in [1.82, 2.24) is 15.8 Å². The maximum atomic E-state index is 12.3. The standard InChI is InChI=1S/C22H24N4O4/c1-14(27)20(22(29)26-30)25-21(28)17-10-7-15(8-11-17)5-6-16-9-12-19(23-13-16)24-18-3-2-4-18/h7-14,18,20,27,30H,2-4H2,1H3,(H,23,24)(H,25,28)(H,26,29)/t14-,20+/m1/s1. The summed E-state index contributed by atoms with van der Waals surface area (Å²) in [7, 11) is 0. The SMILES string of the molecule is C[C@@H](O)[C@H](NC(=O)c1ccc(C#Cc2ccc(NC3CCC3)nc2)cc1)C(=O)NO. The third-order valence-electron chi connectivity index (χ3n) is 4.88. The van der Waals surface area contributed by atoms with Crippen molar-refractivity contribution >= 4 is 17.6 Å². The fraction of sp³-hybridized carbons (Fsp3) is 0.318. The molecule has 2 atom stereocenters. The van der Waals surface area contributed by atoms with Gasteiger partial charge in [-0.05, 0) is 62.6 Å². The Balaban J connectivity index is 1.60. The molecular formula is C22H24N4O4. The molecule has 8 nitrogen and oxygen atoms in total. The molecule has 1 aliphatic rings. The number of hydrogen-bond donors (Lipinski definition) is 5. The molecular weight excluding hydrogens is 384 g/mol. The van der Waals surface area contributed by atoms with Crippen molar-refractivity contribution in [3.8, 4) is 11.8 Å². The highest BCUT2D eigenvalue weighted by atomic mass is 16.5. The minimum atomic E-state index is -1.27. The van der Waals surface area contributed by atoms with Gasteiger partial charge in [0.15, 0.2) is 0 Å². The van der Waals surface area contributed by atoms with E-state index in [1.54, 1.807) is 30.5 Å². The first kappa shape index (κ1) is 21.3. The molecule has 1 fully saturated rings. The molecule has 0 radical (unpaired) electrons. The lowest BCUT2D eigenvalue weighted by atomic mass is 9.93. The van der Waals surface area contributed by atoms with Crippen molar-refractivity contribution in [2.24, 2.45) is 0 Å². The number of aliphatic hydroxyl groups is 1. The van der Waals surface area contributed by atoms with Crippen molar-refractivity contribution in [3.63, 3.8) is 0 Å². The van der Waals surface area contributed by atoms with Gasteiger partial charge < -0.3 is 15.7 Å². The van der Waals surface area contributed by atoms with Crippen LogP contribution in [0.2, 0.25) is 0 Å². The quantitative estimate of drug-likeness (QED) is 0.280. The summed E-state index contributed by atoms with van der Waals surface area (Å²) in [5.74, 6) is 5.45. The summed E-state index contributed by atoms with van der Waals surface area (Å²) in [6.45, 7) is 1.34. The Hall–Kier alpha value is -3.41. The van der Waals surface area contributed by atoms with Gasteiger partial charge in [0, 0.05) is 28.9 Å². The van der Waals surface area contributed by atoms with Crippen LogP contribution in [0.5, 0.6) is 0 Å². The molecule has 8 heteroatoms. The van der Waals surface area contributed by atoms with E-state index in [0.29, 0.717) is 17.2 Å². The third kappa shape index (κ3) is 5.56. The molecule has 1 saturated carbocycles. The Kier molecular flexibility index (Phi) is 7.01. The maximum absolute atomic E-state index is 12.3. The first-order valence-electron chi connectivity index (χ1n) is 9.74. The number of nitrogens with zero attached hydrogens (tertiary/aromatic N) is 1. The van der Waals surface area contributed by atoms with Crippen LogP contribution in [0, 0.1) is 11.8 Å². The second-order valence-electron chi connectivity index (χ2n) is 7.20. The summed E-state index contributed by atoms with van der Waals surface area (Å²) in [6, 6.07) is 9.59. The maximum Gasteiger partial charge on any atom is 0.268 e. The topological polar surface area (TPSA) is 124 Å². The normalized spacial score (nSPS) is 15.0. The van der Waals surface area contributed by atoms with E-state index in [4.69, 9.17) is 5.21 Å². The van der Waals surface area contributed by atoms with Crippen molar-refractivity contribution in [2.45, 2.75) is 44.4 Å². The van der Waals surface area contributed by atoms with Gasteiger partial charge in [0.1, 0.15) is 11.9 Å². The van der Waals surface area contributed by atoms with Gasteiger partial charge in [0.25, 0.3) is 11.8 Å². The van der Waals surface area contributed by atoms with E-state index in [2.05, 4.69) is 27.5 Å². The van der Waals surface area contributed by atoms with Gasteiger partial charge in [-0.2, -0.15) is 0 Å². The highest BCUT2D eigenvalue weighted by Gasteiger charge is 2.25. The number of amides is 2. The molecule has 0 aliphatic heterocycles. The van der Waals surface area contributed by atoms with E-state index in [1.165, 1.54) is 31.7 Å². The van der Waals surface area contributed by atoms with Crippen LogP contribution in [0.4, 0.5) is 5.82 Å². The predicted molar refractivity (Wildman–Crippen MR) is 111 cm³/mol. The van der Waals surface area contributed by atoms with Crippen LogP contribution >= 0.6 is 0 Å². The van der Waals surface area contributed by atoms with E-state index < -0.39 is 24.0 Å². The highest BCUT2D eigenvalue weighted by Crippen LogP contribution is 2.22. The molecule has 156 valence electrons. The van der Waals surface area contributed by atoms with Gasteiger partial charge in [-0.1, -0.05) is 11.8 Å². The second kappa shape index (κ2) is 9.87. The van der Waals surface area contributed by atoms with Crippen LogP contribution in [0.1, 0.15) is 47.7 Å². The highest BCUT2D eigenvalue weighted by molar-refractivity contribution is 5.97. The molecule has 1 aromatic heterocycles. The minimum Gasteiger partial charge on any atom is -0.391 e. The lowest BCUT2D eigenvalue weighted by Crippen LogP contribution is -2.51. The summed E-state index contributed by atoms with van der Waals surface area (Å²) in [4.78, 5) is 28.2. The van der Waals surface area contributed by atoms with Crippen LogP contribution in [-0.2, 0) is 4.79 Å². The van der Waals surface area contributed by atoms with Gasteiger partial charge in [0.2, 0.25) is 0 Å². The largest absolute Gasteiger partial charge is 0.391 e. The van der Waals surface area contributed by atoms with Gasteiger partial charge in [0.05, 0.1) is 6.10 Å². The Labute approximate surface area is 174 Å². The molecule has 30 heavy (non-hydrogen) atoms. The van der Waals surface area contributed by atoms with E-state index in [-0.39, 0.29) is 0 Å². The van der Waals surface area contributed by atoms with Gasteiger partial charge in [-0.3, -0.25) is 14.8 Å². The molecule has 0 spiro atoms. The molecule has 5 N–H and O–H groups in total. The molecule has 1 heterocycles. The first-order chi connectivity index (χ1) is 14.5.